The molecule has 2 rings (SSSR count). The monoisotopic (exact) mass is 263 g/mol. The SMILES string of the molecule is CC1CCN(C(C)c2cccc([N+](=O)[O-])c2)CC1N. The van der Waals surface area contributed by atoms with Gasteiger partial charge in [-0.2, -0.15) is 0 Å². The van der Waals surface area contributed by atoms with E-state index in [1.165, 1.54) is 6.07 Å². The average molecular weight is 263 g/mol. The molecule has 1 aromatic rings. The molecule has 1 aliphatic rings. The molecule has 1 aromatic carbocycles. The Morgan fingerprint density at radius 2 is 2.26 bits per heavy atom. The summed E-state index contributed by atoms with van der Waals surface area (Å²) >= 11 is 0. The fourth-order valence-corrected chi connectivity index (χ4v) is 2.59. The molecule has 19 heavy (non-hydrogen) atoms. The van der Waals surface area contributed by atoms with Crippen LogP contribution < -0.4 is 5.73 Å². The first-order valence-electron chi connectivity index (χ1n) is 6.73. The smallest absolute Gasteiger partial charge is 0.269 e. The summed E-state index contributed by atoms with van der Waals surface area (Å²) < 4.78 is 0. The van der Waals surface area contributed by atoms with Crippen LogP contribution in [0.2, 0.25) is 0 Å². The lowest BCUT2D eigenvalue weighted by atomic mass is 9.92. The molecule has 1 fully saturated rings. The zero-order valence-electron chi connectivity index (χ0n) is 11.5. The molecule has 1 aliphatic heterocycles. The predicted octanol–water partition coefficient (Wildman–Crippen LogP) is 2.32. The molecule has 5 nitrogen and oxygen atoms in total. The maximum absolute atomic E-state index is 10.8. The largest absolute Gasteiger partial charge is 0.326 e. The van der Waals surface area contributed by atoms with Crippen LogP contribution in [0.3, 0.4) is 0 Å². The highest BCUT2D eigenvalue weighted by Crippen LogP contribution is 2.27. The molecule has 0 aromatic heterocycles. The zero-order chi connectivity index (χ0) is 14.0. The summed E-state index contributed by atoms with van der Waals surface area (Å²) in [5.74, 6) is 0.550. The van der Waals surface area contributed by atoms with Gasteiger partial charge in [-0.1, -0.05) is 19.1 Å². The van der Waals surface area contributed by atoms with Crippen molar-refractivity contribution < 1.29 is 4.92 Å². The van der Waals surface area contributed by atoms with Crippen molar-refractivity contribution in [2.24, 2.45) is 11.7 Å². The number of non-ortho nitro benzene ring substituents is 1. The van der Waals surface area contributed by atoms with Crippen LogP contribution >= 0.6 is 0 Å². The van der Waals surface area contributed by atoms with Gasteiger partial charge in [-0.25, -0.2) is 0 Å². The Hall–Kier alpha value is -1.46. The minimum atomic E-state index is -0.347. The third-order valence-corrected chi connectivity index (χ3v) is 4.16. The normalized spacial score (nSPS) is 26.1. The fraction of sp³-hybridized carbons (Fsp3) is 0.571. The van der Waals surface area contributed by atoms with Crippen molar-refractivity contribution in [2.45, 2.75) is 32.4 Å². The molecular formula is C14H21N3O2. The predicted molar refractivity (Wildman–Crippen MR) is 74.8 cm³/mol. The minimum Gasteiger partial charge on any atom is -0.326 e. The third-order valence-electron chi connectivity index (χ3n) is 4.16. The lowest BCUT2D eigenvalue weighted by molar-refractivity contribution is -0.385. The quantitative estimate of drug-likeness (QED) is 0.671. The van der Waals surface area contributed by atoms with E-state index >= 15 is 0 Å². The second-order valence-electron chi connectivity index (χ2n) is 5.45. The number of piperidine rings is 1. The summed E-state index contributed by atoms with van der Waals surface area (Å²) in [5, 5.41) is 10.8. The number of nitrogens with zero attached hydrogens (tertiary/aromatic N) is 2. The van der Waals surface area contributed by atoms with Gasteiger partial charge in [0.25, 0.3) is 5.69 Å². The summed E-state index contributed by atoms with van der Waals surface area (Å²) in [5.41, 5.74) is 7.25. The van der Waals surface area contributed by atoms with Crippen LogP contribution in [0.15, 0.2) is 24.3 Å². The number of likely N-dealkylation sites (tertiary alicyclic amines) is 1. The lowest BCUT2D eigenvalue weighted by Gasteiger charge is -2.38. The van der Waals surface area contributed by atoms with Gasteiger partial charge >= 0.3 is 0 Å². The average Bonchev–Trinajstić information content (AvgIpc) is 2.41. The summed E-state index contributed by atoms with van der Waals surface area (Å²) in [6, 6.07) is 7.24. The highest BCUT2D eigenvalue weighted by molar-refractivity contribution is 5.35. The van der Waals surface area contributed by atoms with Crippen molar-refractivity contribution >= 4 is 5.69 Å². The van der Waals surface area contributed by atoms with E-state index in [2.05, 4.69) is 18.7 Å². The second kappa shape index (κ2) is 5.67. The van der Waals surface area contributed by atoms with E-state index in [-0.39, 0.29) is 22.7 Å². The van der Waals surface area contributed by atoms with Crippen LogP contribution in [0, 0.1) is 16.0 Å². The van der Waals surface area contributed by atoms with E-state index in [0.717, 1.165) is 25.1 Å². The Labute approximate surface area is 113 Å². The van der Waals surface area contributed by atoms with Gasteiger partial charge in [-0.05, 0) is 31.4 Å². The first-order chi connectivity index (χ1) is 8.99. The molecule has 0 saturated carbocycles. The maximum atomic E-state index is 10.8. The van der Waals surface area contributed by atoms with Crippen LogP contribution in [0.25, 0.3) is 0 Å². The number of nitrogens with two attached hydrogens (primary N) is 1. The second-order valence-corrected chi connectivity index (χ2v) is 5.45. The van der Waals surface area contributed by atoms with Gasteiger partial charge < -0.3 is 5.73 Å². The van der Waals surface area contributed by atoms with E-state index < -0.39 is 0 Å². The van der Waals surface area contributed by atoms with Crippen molar-refractivity contribution in [1.82, 2.24) is 4.90 Å². The number of benzene rings is 1. The summed E-state index contributed by atoms with van der Waals surface area (Å²) in [7, 11) is 0. The Balaban J connectivity index is 2.13. The van der Waals surface area contributed by atoms with Crippen molar-refractivity contribution in [2.75, 3.05) is 13.1 Å². The van der Waals surface area contributed by atoms with E-state index in [1.54, 1.807) is 12.1 Å². The summed E-state index contributed by atoms with van der Waals surface area (Å²) in [6.07, 6.45) is 1.08. The summed E-state index contributed by atoms with van der Waals surface area (Å²) in [4.78, 5) is 12.8. The topological polar surface area (TPSA) is 72.4 Å². The maximum Gasteiger partial charge on any atom is 0.269 e. The van der Waals surface area contributed by atoms with Crippen molar-refractivity contribution in [3.05, 3.63) is 39.9 Å². The van der Waals surface area contributed by atoms with Crippen LogP contribution in [0.1, 0.15) is 31.9 Å². The van der Waals surface area contributed by atoms with Crippen molar-refractivity contribution in [3.63, 3.8) is 0 Å². The van der Waals surface area contributed by atoms with E-state index in [0.29, 0.717) is 5.92 Å². The fourth-order valence-electron chi connectivity index (χ4n) is 2.59. The summed E-state index contributed by atoms with van der Waals surface area (Å²) in [6.45, 7) is 6.12. The molecule has 0 bridgehead atoms. The van der Waals surface area contributed by atoms with Gasteiger partial charge in [0.15, 0.2) is 0 Å². The molecule has 3 atom stereocenters. The van der Waals surface area contributed by atoms with Gasteiger partial charge in [0.2, 0.25) is 0 Å². The van der Waals surface area contributed by atoms with Crippen LogP contribution in [0.5, 0.6) is 0 Å². The first kappa shape index (κ1) is 14.0. The Morgan fingerprint density at radius 3 is 2.89 bits per heavy atom. The molecule has 0 radical (unpaired) electrons. The molecule has 5 heteroatoms. The molecule has 0 amide bonds. The highest BCUT2D eigenvalue weighted by atomic mass is 16.6. The Kier molecular flexibility index (Phi) is 4.17. The molecule has 2 N–H and O–H groups in total. The van der Waals surface area contributed by atoms with Crippen molar-refractivity contribution in [1.29, 1.82) is 0 Å². The van der Waals surface area contributed by atoms with Crippen LogP contribution in [-0.4, -0.2) is 29.0 Å². The molecule has 1 saturated heterocycles. The number of nitro benzene ring substituents is 1. The lowest BCUT2D eigenvalue weighted by Crippen LogP contribution is -2.48. The highest BCUT2D eigenvalue weighted by Gasteiger charge is 2.27. The number of rotatable bonds is 3. The number of hydrogen-bond acceptors (Lipinski definition) is 4. The van der Waals surface area contributed by atoms with Crippen LogP contribution in [0.4, 0.5) is 5.69 Å². The first-order valence-corrected chi connectivity index (χ1v) is 6.73. The van der Waals surface area contributed by atoms with Gasteiger partial charge in [-0.3, -0.25) is 15.0 Å². The standard InChI is InChI=1S/C14H21N3O2/c1-10-6-7-16(9-14(10)15)11(2)12-4-3-5-13(8-12)17(18)19/h3-5,8,10-11,14H,6-7,9,15H2,1-2H3. The van der Waals surface area contributed by atoms with E-state index in [1.807, 2.05) is 6.07 Å². The number of nitro groups is 1. The molecule has 1 heterocycles. The van der Waals surface area contributed by atoms with Gasteiger partial charge in [-0.15, -0.1) is 0 Å². The van der Waals surface area contributed by atoms with Crippen molar-refractivity contribution in [3.8, 4) is 0 Å². The zero-order valence-corrected chi connectivity index (χ0v) is 11.5. The van der Waals surface area contributed by atoms with E-state index in [4.69, 9.17) is 5.73 Å². The minimum absolute atomic E-state index is 0.152. The molecule has 0 spiro atoms. The number of hydrogen-bond donors (Lipinski definition) is 1. The Morgan fingerprint density at radius 1 is 1.53 bits per heavy atom. The third kappa shape index (κ3) is 3.11. The van der Waals surface area contributed by atoms with Crippen LogP contribution in [-0.2, 0) is 0 Å². The molecular weight excluding hydrogens is 242 g/mol. The Bertz CT molecular complexity index is 464. The molecule has 104 valence electrons. The van der Waals surface area contributed by atoms with Gasteiger partial charge in [0.1, 0.15) is 0 Å². The van der Waals surface area contributed by atoms with Gasteiger partial charge in [0.05, 0.1) is 4.92 Å². The molecule has 0 aliphatic carbocycles. The molecule has 3 unspecified atom stereocenters. The van der Waals surface area contributed by atoms with Gasteiger partial charge in [0, 0.05) is 30.8 Å². The van der Waals surface area contributed by atoms with E-state index in [9.17, 15) is 10.1 Å².